The first kappa shape index (κ1) is 24.6. The van der Waals surface area contributed by atoms with Crippen molar-refractivity contribution in [2.24, 2.45) is 5.92 Å². The number of hydrogen-bond acceptors (Lipinski definition) is 5. The number of rotatable bonds is 10. The fraction of sp³-hybridized carbons (Fsp3) is 0.462. The standard InChI is InChI=1S/C26H34N2O5/c1-5-6-12-32-24-21-14-23(33-17-19-10-8-7-9-11-19)22(29)13-20(21)16-28(15-18(2)3)25(24)27(4)26(30)31/h7-11,14,16,18,23H,5-6,12-13,15,17H2,1-4H3,(H,30,31). The molecule has 0 spiro atoms. The Morgan fingerprint density at radius 3 is 2.64 bits per heavy atom. The molecule has 0 bridgehead atoms. The lowest BCUT2D eigenvalue weighted by atomic mass is 9.88. The molecule has 3 rings (SSSR count). The summed E-state index contributed by atoms with van der Waals surface area (Å²) in [7, 11) is 1.52. The molecule has 1 unspecified atom stereocenters. The van der Waals surface area contributed by atoms with Gasteiger partial charge in [-0.25, -0.2) is 4.79 Å². The van der Waals surface area contributed by atoms with E-state index in [1.165, 1.54) is 11.9 Å². The summed E-state index contributed by atoms with van der Waals surface area (Å²) >= 11 is 0. The van der Waals surface area contributed by atoms with Gasteiger partial charge in [0.05, 0.1) is 13.2 Å². The van der Waals surface area contributed by atoms with Crippen LogP contribution in [0.2, 0.25) is 0 Å². The number of carbonyl (C=O) groups is 2. The van der Waals surface area contributed by atoms with Crippen LogP contribution in [0, 0.1) is 5.92 Å². The monoisotopic (exact) mass is 454 g/mol. The molecule has 178 valence electrons. The van der Waals surface area contributed by atoms with Crippen molar-refractivity contribution in [3.63, 3.8) is 0 Å². The Bertz CT molecular complexity index is 949. The van der Waals surface area contributed by atoms with E-state index >= 15 is 0 Å². The zero-order valence-corrected chi connectivity index (χ0v) is 19.9. The van der Waals surface area contributed by atoms with Crippen LogP contribution in [-0.2, 0) is 20.9 Å². The van der Waals surface area contributed by atoms with Crippen LogP contribution >= 0.6 is 0 Å². The molecule has 1 heterocycles. The molecule has 1 aromatic rings. The summed E-state index contributed by atoms with van der Waals surface area (Å²) in [4.78, 5) is 27.9. The molecule has 1 atom stereocenters. The van der Waals surface area contributed by atoms with Gasteiger partial charge in [0.15, 0.2) is 17.4 Å². The minimum atomic E-state index is -1.07. The molecule has 0 saturated carbocycles. The highest BCUT2D eigenvalue weighted by atomic mass is 16.5. The van der Waals surface area contributed by atoms with Crippen molar-refractivity contribution in [3.8, 4) is 0 Å². The maximum atomic E-state index is 12.9. The first-order chi connectivity index (χ1) is 15.8. The van der Waals surface area contributed by atoms with Crippen LogP contribution in [0.5, 0.6) is 0 Å². The average molecular weight is 455 g/mol. The summed E-state index contributed by atoms with van der Waals surface area (Å²) in [5.41, 5.74) is 2.55. The second-order valence-corrected chi connectivity index (χ2v) is 8.84. The molecular formula is C26H34N2O5. The molecule has 0 fully saturated rings. The number of allylic oxidation sites excluding steroid dienone is 1. The molecular weight excluding hydrogens is 420 g/mol. The quantitative estimate of drug-likeness (QED) is 0.506. The fourth-order valence-electron chi connectivity index (χ4n) is 3.90. The summed E-state index contributed by atoms with van der Waals surface area (Å²) in [5, 5.41) is 9.77. The molecule has 1 aliphatic heterocycles. The number of carbonyl (C=O) groups excluding carboxylic acids is 1. The third-order valence-electron chi connectivity index (χ3n) is 5.56. The van der Waals surface area contributed by atoms with Gasteiger partial charge < -0.3 is 19.5 Å². The number of unbranched alkanes of at least 4 members (excludes halogenated alkanes) is 1. The van der Waals surface area contributed by atoms with Gasteiger partial charge >= 0.3 is 6.09 Å². The molecule has 1 N–H and O–H groups in total. The lowest BCUT2D eigenvalue weighted by Gasteiger charge is -2.38. The third-order valence-corrected chi connectivity index (χ3v) is 5.56. The molecule has 1 aromatic carbocycles. The van der Waals surface area contributed by atoms with Gasteiger partial charge in [-0.05, 0) is 29.6 Å². The fourth-order valence-corrected chi connectivity index (χ4v) is 3.90. The Morgan fingerprint density at radius 2 is 2.00 bits per heavy atom. The van der Waals surface area contributed by atoms with E-state index in [0.717, 1.165) is 29.6 Å². The minimum absolute atomic E-state index is 0.0200. The number of amides is 1. The number of nitrogens with zero attached hydrogens (tertiary/aromatic N) is 2. The Kier molecular flexibility index (Phi) is 8.33. The highest BCUT2D eigenvalue weighted by Crippen LogP contribution is 2.38. The van der Waals surface area contributed by atoms with E-state index < -0.39 is 12.2 Å². The third kappa shape index (κ3) is 6.05. The normalized spacial score (nSPS) is 18.2. The number of ether oxygens (including phenoxy) is 2. The van der Waals surface area contributed by atoms with Crippen LogP contribution in [0.3, 0.4) is 0 Å². The van der Waals surface area contributed by atoms with Crippen molar-refractivity contribution in [2.75, 3.05) is 20.2 Å². The SMILES string of the molecule is CCCCOC1=C(N(C)C(=O)O)N(CC(C)C)C=C2CC(=O)C(OCc3ccccc3)C=C21. The summed E-state index contributed by atoms with van der Waals surface area (Å²) in [6.07, 6.45) is 3.90. The lowest BCUT2D eigenvalue weighted by Crippen LogP contribution is -2.40. The predicted octanol–water partition coefficient (Wildman–Crippen LogP) is 4.92. The maximum absolute atomic E-state index is 12.9. The molecule has 0 aromatic heterocycles. The summed E-state index contributed by atoms with van der Waals surface area (Å²) < 4.78 is 12.2. The molecule has 2 aliphatic rings. The number of carboxylic acid groups (broad SMARTS) is 1. The molecule has 7 nitrogen and oxygen atoms in total. The largest absolute Gasteiger partial charge is 0.489 e. The maximum Gasteiger partial charge on any atom is 0.412 e. The molecule has 1 aliphatic carbocycles. The van der Waals surface area contributed by atoms with Crippen LogP contribution in [-0.4, -0.2) is 53.1 Å². The van der Waals surface area contributed by atoms with E-state index in [1.54, 1.807) is 6.08 Å². The topological polar surface area (TPSA) is 79.3 Å². The molecule has 33 heavy (non-hydrogen) atoms. The number of ketones is 1. The van der Waals surface area contributed by atoms with Crippen LogP contribution in [0.1, 0.15) is 45.6 Å². The van der Waals surface area contributed by atoms with E-state index in [4.69, 9.17) is 9.47 Å². The van der Waals surface area contributed by atoms with Gasteiger partial charge in [-0.2, -0.15) is 0 Å². The van der Waals surface area contributed by atoms with Crippen molar-refractivity contribution in [3.05, 3.63) is 70.9 Å². The van der Waals surface area contributed by atoms with E-state index in [9.17, 15) is 14.7 Å². The first-order valence-electron chi connectivity index (χ1n) is 11.5. The predicted molar refractivity (Wildman–Crippen MR) is 126 cm³/mol. The molecule has 1 amide bonds. The second-order valence-electron chi connectivity index (χ2n) is 8.84. The summed E-state index contributed by atoms with van der Waals surface area (Å²) in [6.45, 7) is 7.60. The van der Waals surface area contributed by atoms with Crippen LogP contribution < -0.4 is 0 Å². The Labute approximate surface area is 196 Å². The Hall–Kier alpha value is -3.06. The van der Waals surface area contributed by atoms with Gasteiger partial charge in [0.1, 0.15) is 6.10 Å². The number of benzene rings is 1. The van der Waals surface area contributed by atoms with E-state index in [-0.39, 0.29) is 18.1 Å². The second kappa shape index (κ2) is 11.2. The van der Waals surface area contributed by atoms with E-state index in [1.807, 2.05) is 41.4 Å². The summed E-state index contributed by atoms with van der Waals surface area (Å²) in [6, 6.07) is 9.71. The minimum Gasteiger partial charge on any atom is -0.489 e. The zero-order valence-electron chi connectivity index (χ0n) is 19.9. The lowest BCUT2D eigenvalue weighted by molar-refractivity contribution is -0.128. The van der Waals surface area contributed by atoms with Crippen LogP contribution in [0.25, 0.3) is 0 Å². The zero-order chi connectivity index (χ0) is 24.0. The van der Waals surface area contributed by atoms with Crippen molar-refractivity contribution in [1.29, 1.82) is 0 Å². The Morgan fingerprint density at radius 1 is 1.27 bits per heavy atom. The number of hydrogen-bond donors (Lipinski definition) is 1. The molecule has 0 saturated heterocycles. The number of fused-ring (bicyclic) bond motifs is 1. The van der Waals surface area contributed by atoms with Gasteiger partial charge in [0, 0.05) is 31.8 Å². The summed E-state index contributed by atoms with van der Waals surface area (Å²) in [5.74, 6) is 1.22. The van der Waals surface area contributed by atoms with Gasteiger partial charge in [-0.1, -0.05) is 57.5 Å². The van der Waals surface area contributed by atoms with Crippen LogP contribution in [0.15, 0.2) is 65.3 Å². The van der Waals surface area contributed by atoms with Gasteiger partial charge in [-0.3, -0.25) is 9.69 Å². The van der Waals surface area contributed by atoms with E-state index in [0.29, 0.717) is 31.3 Å². The van der Waals surface area contributed by atoms with Crippen molar-refractivity contribution in [2.45, 2.75) is 52.7 Å². The molecule has 7 heteroatoms. The van der Waals surface area contributed by atoms with Crippen molar-refractivity contribution >= 4 is 11.9 Å². The number of Topliss-reactive ketones (excluding diaryl/α,β-unsaturated/α-hetero) is 1. The van der Waals surface area contributed by atoms with Gasteiger partial charge in [-0.15, -0.1) is 0 Å². The van der Waals surface area contributed by atoms with E-state index in [2.05, 4.69) is 20.8 Å². The van der Waals surface area contributed by atoms with Crippen molar-refractivity contribution in [1.82, 2.24) is 9.80 Å². The molecule has 0 radical (unpaired) electrons. The first-order valence-corrected chi connectivity index (χ1v) is 11.5. The van der Waals surface area contributed by atoms with Crippen LogP contribution in [0.4, 0.5) is 4.79 Å². The van der Waals surface area contributed by atoms with Gasteiger partial charge in [0.2, 0.25) is 0 Å². The highest BCUT2D eigenvalue weighted by Gasteiger charge is 2.36. The smallest absolute Gasteiger partial charge is 0.412 e. The average Bonchev–Trinajstić information content (AvgIpc) is 2.77. The van der Waals surface area contributed by atoms with Gasteiger partial charge in [0.25, 0.3) is 0 Å². The Balaban J connectivity index is 2.00. The van der Waals surface area contributed by atoms with Crippen molar-refractivity contribution < 1.29 is 24.2 Å². The highest BCUT2D eigenvalue weighted by molar-refractivity contribution is 5.91.